The standard InChI is InChI=1S/C18H21NO5/c1-4-24-17-9-12(5-7-16(17)23-3)11-19-14-10-13(18(20)21)6-8-15(14)22-2/h5-10,19H,4,11H2,1-3H3,(H,20,21). The molecule has 0 aliphatic rings. The summed E-state index contributed by atoms with van der Waals surface area (Å²) in [4.78, 5) is 11.1. The van der Waals surface area contributed by atoms with E-state index in [9.17, 15) is 4.79 Å². The molecule has 0 aliphatic heterocycles. The lowest BCUT2D eigenvalue weighted by atomic mass is 10.1. The van der Waals surface area contributed by atoms with Crippen LogP contribution in [0.4, 0.5) is 5.69 Å². The van der Waals surface area contributed by atoms with Crippen LogP contribution < -0.4 is 19.5 Å². The summed E-state index contributed by atoms with van der Waals surface area (Å²) in [6, 6.07) is 10.3. The Morgan fingerprint density at radius 3 is 2.38 bits per heavy atom. The summed E-state index contributed by atoms with van der Waals surface area (Å²) in [5.41, 5.74) is 1.79. The first kappa shape index (κ1) is 17.5. The zero-order valence-electron chi connectivity index (χ0n) is 14.0. The number of hydrogen-bond acceptors (Lipinski definition) is 5. The van der Waals surface area contributed by atoms with Gasteiger partial charge in [0.05, 0.1) is 32.1 Å². The highest BCUT2D eigenvalue weighted by molar-refractivity contribution is 5.89. The summed E-state index contributed by atoms with van der Waals surface area (Å²) in [6.45, 7) is 2.94. The number of carboxylic acid groups (broad SMARTS) is 1. The van der Waals surface area contributed by atoms with E-state index in [1.807, 2.05) is 25.1 Å². The van der Waals surface area contributed by atoms with Crippen molar-refractivity contribution in [3.05, 3.63) is 47.5 Å². The maximum Gasteiger partial charge on any atom is 0.335 e. The molecular formula is C18H21NO5. The van der Waals surface area contributed by atoms with E-state index in [4.69, 9.17) is 19.3 Å². The Morgan fingerprint density at radius 1 is 1.04 bits per heavy atom. The quantitative estimate of drug-likeness (QED) is 0.772. The second kappa shape index (κ2) is 8.10. The average Bonchev–Trinajstić information content (AvgIpc) is 2.60. The van der Waals surface area contributed by atoms with Crippen LogP contribution in [-0.2, 0) is 6.54 Å². The molecule has 0 bridgehead atoms. The number of nitrogens with one attached hydrogen (secondary N) is 1. The van der Waals surface area contributed by atoms with E-state index < -0.39 is 5.97 Å². The van der Waals surface area contributed by atoms with Crippen molar-refractivity contribution in [2.45, 2.75) is 13.5 Å². The van der Waals surface area contributed by atoms with Crippen LogP contribution in [0.25, 0.3) is 0 Å². The Labute approximate surface area is 141 Å². The van der Waals surface area contributed by atoms with Crippen LogP contribution in [-0.4, -0.2) is 31.9 Å². The minimum atomic E-state index is -0.983. The molecule has 0 unspecified atom stereocenters. The SMILES string of the molecule is CCOc1cc(CNc2cc(C(=O)O)ccc2OC)ccc1OC. The zero-order valence-corrected chi connectivity index (χ0v) is 14.0. The van der Waals surface area contributed by atoms with E-state index in [2.05, 4.69) is 5.32 Å². The molecule has 2 aromatic rings. The highest BCUT2D eigenvalue weighted by Gasteiger charge is 2.10. The van der Waals surface area contributed by atoms with Crippen LogP contribution in [0, 0.1) is 0 Å². The van der Waals surface area contributed by atoms with Crippen molar-refractivity contribution < 1.29 is 24.1 Å². The van der Waals surface area contributed by atoms with Gasteiger partial charge in [0.1, 0.15) is 5.75 Å². The predicted molar refractivity (Wildman–Crippen MR) is 91.4 cm³/mol. The van der Waals surface area contributed by atoms with Crippen molar-refractivity contribution in [1.29, 1.82) is 0 Å². The van der Waals surface area contributed by atoms with Crippen molar-refractivity contribution >= 4 is 11.7 Å². The number of anilines is 1. The lowest BCUT2D eigenvalue weighted by Gasteiger charge is -2.14. The van der Waals surface area contributed by atoms with E-state index >= 15 is 0 Å². The molecule has 128 valence electrons. The van der Waals surface area contributed by atoms with Gasteiger partial charge in [-0.2, -0.15) is 0 Å². The summed E-state index contributed by atoms with van der Waals surface area (Å²) in [6.07, 6.45) is 0. The fourth-order valence-electron chi connectivity index (χ4n) is 2.28. The Bertz CT molecular complexity index is 715. The highest BCUT2D eigenvalue weighted by Crippen LogP contribution is 2.30. The molecule has 0 fully saturated rings. The molecule has 0 radical (unpaired) electrons. The number of methoxy groups -OCH3 is 2. The molecule has 0 saturated heterocycles. The van der Waals surface area contributed by atoms with Crippen molar-refractivity contribution in [3.63, 3.8) is 0 Å². The lowest BCUT2D eigenvalue weighted by molar-refractivity contribution is 0.0697. The molecule has 0 heterocycles. The Kier molecular flexibility index (Phi) is 5.89. The Hall–Kier alpha value is -2.89. The molecule has 0 aliphatic carbocycles. The number of benzene rings is 2. The molecule has 0 saturated carbocycles. The number of aromatic carboxylic acids is 1. The van der Waals surface area contributed by atoms with Crippen molar-refractivity contribution in [1.82, 2.24) is 0 Å². The van der Waals surface area contributed by atoms with Crippen LogP contribution >= 0.6 is 0 Å². The van der Waals surface area contributed by atoms with E-state index in [1.54, 1.807) is 26.4 Å². The van der Waals surface area contributed by atoms with Crippen LogP contribution in [0.2, 0.25) is 0 Å². The number of hydrogen-bond donors (Lipinski definition) is 2. The lowest BCUT2D eigenvalue weighted by Crippen LogP contribution is -2.05. The van der Waals surface area contributed by atoms with Crippen molar-refractivity contribution in [2.24, 2.45) is 0 Å². The molecule has 2 N–H and O–H groups in total. The monoisotopic (exact) mass is 331 g/mol. The first-order valence-corrected chi connectivity index (χ1v) is 7.54. The minimum Gasteiger partial charge on any atom is -0.495 e. The second-order valence-electron chi connectivity index (χ2n) is 4.99. The Morgan fingerprint density at radius 2 is 1.75 bits per heavy atom. The normalized spacial score (nSPS) is 10.1. The Balaban J connectivity index is 2.19. The topological polar surface area (TPSA) is 77.0 Å². The molecule has 0 aromatic heterocycles. The fraction of sp³-hybridized carbons (Fsp3) is 0.278. The van der Waals surface area contributed by atoms with Gasteiger partial charge in [0.2, 0.25) is 0 Å². The first-order valence-electron chi connectivity index (χ1n) is 7.54. The number of carboxylic acids is 1. The van der Waals surface area contributed by atoms with Gasteiger partial charge in [-0.1, -0.05) is 6.07 Å². The zero-order chi connectivity index (χ0) is 17.5. The maximum atomic E-state index is 11.1. The number of rotatable bonds is 8. The molecule has 6 nitrogen and oxygen atoms in total. The molecule has 2 aromatic carbocycles. The molecule has 0 amide bonds. The van der Waals surface area contributed by atoms with Gasteiger partial charge in [-0.3, -0.25) is 0 Å². The van der Waals surface area contributed by atoms with Gasteiger partial charge in [0.25, 0.3) is 0 Å². The van der Waals surface area contributed by atoms with Crippen molar-refractivity contribution in [2.75, 3.05) is 26.1 Å². The molecule has 2 rings (SSSR count). The van der Waals surface area contributed by atoms with Crippen LogP contribution in [0.5, 0.6) is 17.2 Å². The molecule has 0 spiro atoms. The molecule has 6 heteroatoms. The van der Waals surface area contributed by atoms with Gasteiger partial charge < -0.3 is 24.6 Å². The fourth-order valence-corrected chi connectivity index (χ4v) is 2.28. The molecule has 24 heavy (non-hydrogen) atoms. The summed E-state index contributed by atoms with van der Waals surface area (Å²) < 4.78 is 16.1. The van der Waals surface area contributed by atoms with Crippen LogP contribution in [0.3, 0.4) is 0 Å². The molecule has 0 atom stereocenters. The third-order valence-electron chi connectivity index (χ3n) is 3.46. The number of ether oxygens (including phenoxy) is 3. The van der Waals surface area contributed by atoms with Crippen LogP contribution in [0.15, 0.2) is 36.4 Å². The number of carbonyl (C=O) groups is 1. The summed E-state index contributed by atoms with van der Waals surface area (Å²) in [5, 5.41) is 12.3. The summed E-state index contributed by atoms with van der Waals surface area (Å²) >= 11 is 0. The van der Waals surface area contributed by atoms with E-state index in [-0.39, 0.29) is 5.56 Å². The van der Waals surface area contributed by atoms with Gasteiger partial charge >= 0.3 is 5.97 Å². The maximum absolute atomic E-state index is 11.1. The van der Waals surface area contributed by atoms with E-state index in [0.29, 0.717) is 36.1 Å². The van der Waals surface area contributed by atoms with Crippen molar-refractivity contribution in [3.8, 4) is 17.2 Å². The molecular weight excluding hydrogens is 310 g/mol. The van der Waals surface area contributed by atoms with Gasteiger partial charge in [-0.05, 0) is 42.8 Å². The van der Waals surface area contributed by atoms with Crippen LogP contribution in [0.1, 0.15) is 22.8 Å². The van der Waals surface area contributed by atoms with E-state index in [1.165, 1.54) is 6.07 Å². The minimum absolute atomic E-state index is 0.197. The first-order chi connectivity index (χ1) is 11.6. The summed E-state index contributed by atoms with van der Waals surface area (Å²) in [5.74, 6) is 0.943. The van der Waals surface area contributed by atoms with Gasteiger partial charge in [0, 0.05) is 6.54 Å². The van der Waals surface area contributed by atoms with Gasteiger partial charge in [-0.25, -0.2) is 4.79 Å². The third kappa shape index (κ3) is 4.10. The van der Waals surface area contributed by atoms with Gasteiger partial charge in [-0.15, -0.1) is 0 Å². The smallest absolute Gasteiger partial charge is 0.335 e. The second-order valence-corrected chi connectivity index (χ2v) is 4.99. The largest absolute Gasteiger partial charge is 0.495 e. The summed E-state index contributed by atoms with van der Waals surface area (Å²) in [7, 11) is 3.14. The third-order valence-corrected chi connectivity index (χ3v) is 3.46. The highest BCUT2D eigenvalue weighted by atomic mass is 16.5. The average molecular weight is 331 g/mol. The van der Waals surface area contributed by atoms with E-state index in [0.717, 1.165) is 5.56 Å². The van der Waals surface area contributed by atoms with Gasteiger partial charge in [0.15, 0.2) is 11.5 Å². The predicted octanol–water partition coefficient (Wildman–Crippen LogP) is 3.41.